The molecule has 0 radical (unpaired) electrons. The molecule has 0 aliphatic heterocycles. The summed E-state index contributed by atoms with van der Waals surface area (Å²) in [7, 11) is 0. The second-order valence-electron chi connectivity index (χ2n) is 4.80. The van der Waals surface area contributed by atoms with E-state index in [1.807, 2.05) is 13.0 Å². The number of fused-ring (bicyclic) bond motifs is 4. The van der Waals surface area contributed by atoms with Crippen molar-refractivity contribution < 1.29 is 13.2 Å². The highest BCUT2D eigenvalue weighted by Crippen LogP contribution is 2.31. The van der Waals surface area contributed by atoms with Gasteiger partial charge in [0.1, 0.15) is 17.0 Å². The lowest BCUT2D eigenvalue weighted by Gasteiger charge is -1.98. The molecule has 4 aromatic rings. The van der Waals surface area contributed by atoms with Crippen molar-refractivity contribution in [1.82, 2.24) is 0 Å². The highest BCUT2D eigenvalue weighted by Gasteiger charge is 2.18. The molecule has 0 amide bonds. The number of aryl methyl sites for hydroxylation is 1. The van der Waals surface area contributed by atoms with E-state index < -0.39 is 5.82 Å². The lowest BCUT2D eigenvalue weighted by molar-refractivity contribution is 0.629. The summed E-state index contributed by atoms with van der Waals surface area (Å²) < 4.78 is 25.1. The largest absolute Gasteiger partial charge is 0.452 e. The predicted molar refractivity (Wildman–Crippen MR) is 74.5 cm³/mol. The topological polar surface area (TPSA) is 43.4 Å². The quantitative estimate of drug-likeness (QED) is 0.481. The Labute approximate surface area is 112 Å². The van der Waals surface area contributed by atoms with Crippen molar-refractivity contribution in [3.05, 3.63) is 58.0 Å². The van der Waals surface area contributed by atoms with Gasteiger partial charge in [0.25, 0.3) is 0 Å². The van der Waals surface area contributed by atoms with Crippen LogP contribution < -0.4 is 5.43 Å². The van der Waals surface area contributed by atoms with Crippen LogP contribution in [-0.4, -0.2) is 0 Å². The van der Waals surface area contributed by atoms with Crippen molar-refractivity contribution in [2.24, 2.45) is 0 Å². The molecule has 2 heterocycles. The number of hydrogen-bond donors (Lipinski definition) is 0. The van der Waals surface area contributed by atoms with Gasteiger partial charge < -0.3 is 8.83 Å². The molecular weight excluding hydrogens is 259 g/mol. The molecule has 4 rings (SSSR count). The Morgan fingerprint density at radius 1 is 1.00 bits per heavy atom. The van der Waals surface area contributed by atoms with Gasteiger partial charge in [-0.15, -0.1) is 0 Å². The van der Waals surface area contributed by atoms with Crippen LogP contribution in [0.15, 0.2) is 50.0 Å². The predicted octanol–water partition coefficient (Wildman–Crippen LogP) is 4.14. The average molecular weight is 268 g/mol. The summed E-state index contributed by atoms with van der Waals surface area (Å²) in [6.07, 6.45) is 0. The molecular formula is C16H9FO3. The molecule has 0 fully saturated rings. The minimum atomic E-state index is -0.462. The fourth-order valence-corrected chi connectivity index (χ4v) is 2.46. The molecule has 98 valence electrons. The zero-order valence-corrected chi connectivity index (χ0v) is 10.6. The molecule has 20 heavy (non-hydrogen) atoms. The van der Waals surface area contributed by atoms with Crippen molar-refractivity contribution in [2.75, 3.05) is 0 Å². The minimum absolute atomic E-state index is 0.0569. The van der Waals surface area contributed by atoms with Gasteiger partial charge in [0.05, 0.1) is 10.8 Å². The van der Waals surface area contributed by atoms with E-state index in [0.717, 1.165) is 5.56 Å². The van der Waals surface area contributed by atoms with Crippen molar-refractivity contribution >= 4 is 33.1 Å². The molecule has 3 nitrogen and oxygen atoms in total. The van der Waals surface area contributed by atoms with Crippen LogP contribution in [0.1, 0.15) is 5.56 Å². The van der Waals surface area contributed by atoms with Crippen LogP contribution in [0, 0.1) is 12.7 Å². The Balaban J connectivity index is 2.34. The molecule has 0 atom stereocenters. The van der Waals surface area contributed by atoms with Crippen LogP contribution in [0.5, 0.6) is 0 Å². The standard InChI is InChI=1S/C16H9FO3/c1-8-5-6-9-12(7-8)20-15-13-10(17)3-2-4-11(13)19-16(15)14(9)18/h2-7H,1H3. The zero-order valence-electron chi connectivity index (χ0n) is 10.6. The summed E-state index contributed by atoms with van der Waals surface area (Å²) in [5.41, 5.74) is 1.66. The van der Waals surface area contributed by atoms with Gasteiger partial charge in [-0.3, -0.25) is 4.79 Å². The lowest BCUT2D eigenvalue weighted by atomic mass is 10.1. The van der Waals surface area contributed by atoms with Gasteiger partial charge >= 0.3 is 0 Å². The monoisotopic (exact) mass is 268 g/mol. The van der Waals surface area contributed by atoms with Gasteiger partial charge in [0.15, 0.2) is 5.58 Å². The number of benzene rings is 2. The normalized spacial score (nSPS) is 11.7. The third-order valence-corrected chi connectivity index (χ3v) is 3.42. The fourth-order valence-electron chi connectivity index (χ4n) is 2.46. The summed E-state index contributed by atoms with van der Waals surface area (Å²) in [6, 6.07) is 9.75. The Bertz CT molecular complexity index is 1040. The third kappa shape index (κ3) is 1.36. The summed E-state index contributed by atoms with van der Waals surface area (Å²) in [6.45, 7) is 1.90. The van der Waals surface area contributed by atoms with E-state index in [1.54, 1.807) is 18.2 Å². The van der Waals surface area contributed by atoms with Crippen LogP contribution in [0.2, 0.25) is 0 Å². The van der Waals surface area contributed by atoms with Gasteiger partial charge in [-0.1, -0.05) is 12.1 Å². The first-order chi connectivity index (χ1) is 9.65. The van der Waals surface area contributed by atoms with Gasteiger partial charge in [0, 0.05) is 0 Å². The van der Waals surface area contributed by atoms with E-state index in [1.165, 1.54) is 12.1 Å². The van der Waals surface area contributed by atoms with E-state index >= 15 is 0 Å². The Morgan fingerprint density at radius 3 is 2.65 bits per heavy atom. The first-order valence-corrected chi connectivity index (χ1v) is 6.19. The van der Waals surface area contributed by atoms with Crippen LogP contribution in [-0.2, 0) is 0 Å². The first kappa shape index (κ1) is 11.2. The van der Waals surface area contributed by atoms with Crippen LogP contribution >= 0.6 is 0 Å². The first-order valence-electron chi connectivity index (χ1n) is 6.19. The number of rotatable bonds is 0. The molecule has 0 saturated heterocycles. The Kier molecular flexibility index (Phi) is 2.07. The van der Waals surface area contributed by atoms with Crippen LogP contribution in [0.25, 0.3) is 33.1 Å². The number of halogens is 1. The van der Waals surface area contributed by atoms with Gasteiger partial charge in [-0.2, -0.15) is 0 Å². The molecule has 0 unspecified atom stereocenters. The van der Waals surface area contributed by atoms with E-state index in [4.69, 9.17) is 8.83 Å². The number of furan rings is 1. The molecule has 0 saturated carbocycles. The van der Waals surface area contributed by atoms with Crippen LogP contribution in [0.4, 0.5) is 4.39 Å². The smallest absolute Gasteiger partial charge is 0.235 e. The molecule has 0 N–H and O–H groups in total. The van der Waals surface area contributed by atoms with Crippen molar-refractivity contribution in [2.45, 2.75) is 6.92 Å². The molecule has 4 heteroatoms. The second-order valence-corrected chi connectivity index (χ2v) is 4.80. The van der Waals surface area contributed by atoms with Crippen molar-refractivity contribution in [3.63, 3.8) is 0 Å². The fraction of sp³-hybridized carbons (Fsp3) is 0.0625. The van der Waals surface area contributed by atoms with Gasteiger partial charge in [-0.05, 0) is 36.8 Å². The summed E-state index contributed by atoms with van der Waals surface area (Å²) in [4.78, 5) is 12.4. The highest BCUT2D eigenvalue weighted by molar-refractivity contribution is 6.04. The Morgan fingerprint density at radius 2 is 1.80 bits per heavy atom. The number of hydrogen-bond acceptors (Lipinski definition) is 3. The van der Waals surface area contributed by atoms with Crippen molar-refractivity contribution in [1.29, 1.82) is 0 Å². The molecule has 2 aromatic heterocycles. The maximum atomic E-state index is 13.9. The second kappa shape index (κ2) is 3.70. The van der Waals surface area contributed by atoms with Gasteiger partial charge in [-0.25, -0.2) is 4.39 Å². The zero-order chi connectivity index (χ0) is 13.9. The lowest BCUT2D eigenvalue weighted by Crippen LogP contribution is -2.00. The molecule has 2 aromatic carbocycles. The molecule has 0 aliphatic carbocycles. The Hall–Kier alpha value is -2.62. The van der Waals surface area contributed by atoms with E-state index in [9.17, 15) is 9.18 Å². The highest BCUT2D eigenvalue weighted by atomic mass is 19.1. The molecule has 0 spiro atoms. The molecule has 0 bridgehead atoms. The third-order valence-electron chi connectivity index (χ3n) is 3.42. The van der Waals surface area contributed by atoms with Crippen LogP contribution in [0.3, 0.4) is 0 Å². The van der Waals surface area contributed by atoms with Crippen molar-refractivity contribution in [3.8, 4) is 0 Å². The maximum absolute atomic E-state index is 13.9. The average Bonchev–Trinajstić information content (AvgIpc) is 2.79. The maximum Gasteiger partial charge on any atom is 0.235 e. The summed E-state index contributed by atoms with van der Waals surface area (Å²) in [5, 5.41) is 0.644. The van der Waals surface area contributed by atoms with E-state index in [2.05, 4.69) is 0 Å². The SMILES string of the molecule is Cc1ccc2c(=O)c3oc4cccc(F)c4c3oc2c1. The minimum Gasteiger partial charge on any atom is -0.452 e. The van der Waals surface area contributed by atoms with E-state index in [-0.39, 0.29) is 22.0 Å². The summed E-state index contributed by atoms with van der Waals surface area (Å²) in [5.74, 6) is -0.462. The van der Waals surface area contributed by atoms with Gasteiger partial charge in [0.2, 0.25) is 11.0 Å². The van der Waals surface area contributed by atoms with E-state index in [0.29, 0.717) is 16.6 Å². The molecule has 0 aliphatic rings. The summed E-state index contributed by atoms with van der Waals surface area (Å²) >= 11 is 0.